The normalized spacial score (nSPS) is 16.1. The molecule has 0 spiro atoms. The van der Waals surface area contributed by atoms with Crippen LogP contribution in [0.4, 0.5) is 5.69 Å². The first-order chi connectivity index (χ1) is 8.66. The smallest absolute Gasteiger partial charge is 0.336 e. The van der Waals surface area contributed by atoms with Crippen molar-refractivity contribution in [3.05, 3.63) is 39.7 Å². The molecule has 2 heterocycles. The Labute approximate surface area is 104 Å². The molecule has 0 aliphatic carbocycles. The van der Waals surface area contributed by atoms with Gasteiger partial charge in [0.25, 0.3) is 0 Å². The standard InChI is InChI=1S/C14H15NO3/c1-8(16)11-7-13(17)18-14-9(11)4-5-12-10(14)3-2-6-15-12/h4-5,7-8,15-16H,2-3,6H2,1H3. The number of benzene rings is 1. The number of aryl methyl sites for hydroxylation is 1. The van der Waals surface area contributed by atoms with Crippen LogP contribution in [0, 0.1) is 0 Å². The summed E-state index contributed by atoms with van der Waals surface area (Å²) in [5.74, 6) is 0. The molecule has 2 aromatic rings. The maximum absolute atomic E-state index is 11.6. The van der Waals surface area contributed by atoms with Gasteiger partial charge in [0.1, 0.15) is 5.58 Å². The second-order valence-corrected chi connectivity index (χ2v) is 4.70. The Morgan fingerprint density at radius 1 is 1.44 bits per heavy atom. The lowest BCUT2D eigenvalue weighted by molar-refractivity contribution is 0.200. The fraction of sp³-hybridized carbons (Fsp3) is 0.357. The lowest BCUT2D eigenvalue weighted by Gasteiger charge is -2.19. The first kappa shape index (κ1) is 11.3. The van der Waals surface area contributed by atoms with E-state index in [0.29, 0.717) is 11.1 Å². The van der Waals surface area contributed by atoms with Crippen molar-refractivity contribution < 1.29 is 9.52 Å². The van der Waals surface area contributed by atoms with E-state index in [1.54, 1.807) is 6.92 Å². The summed E-state index contributed by atoms with van der Waals surface area (Å²) in [6, 6.07) is 5.26. The molecule has 1 aliphatic rings. The third-order valence-corrected chi connectivity index (χ3v) is 3.42. The number of aliphatic hydroxyl groups excluding tert-OH is 1. The van der Waals surface area contributed by atoms with Crippen molar-refractivity contribution in [2.24, 2.45) is 0 Å². The summed E-state index contributed by atoms with van der Waals surface area (Å²) in [4.78, 5) is 11.6. The summed E-state index contributed by atoms with van der Waals surface area (Å²) in [6.45, 7) is 2.60. The van der Waals surface area contributed by atoms with Gasteiger partial charge in [-0.1, -0.05) is 0 Å². The molecule has 1 unspecified atom stereocenters. The monoisotopic (exact) mass is 245 g/mol. The predicted octanol–water partition coefficient (Wildman–Crippen LogP) is 2.20. The molecule has 0 saturated carbocycles. The molecule has 18 heavy (non-hydrogen) atoms. The minimum Gasteiger partial charge on any atom is -0.422 e. The quantitative estimate of drug-likeness (QED) is 0.756. The fourth-order valence-electron chi connectivity index (χ4n) is 2.55. The van der Waals surface area contributed by atoms with Crippen LogP contribution in [-0.2, 0) is 6.42 Å². The van der Waals surface area contributed by atoms with Gasteiger partial charge in [-0.2, -0.15) is 0 Å². The summed E-state index contributed by atoms with van der Waals surface area (Å²) < 4.78 is 5.34. The number of fused-ring (bicyclic) bond motifs is 3. The van der Waals surface area contributed by atoms with Crippen molar-refractivity contribution in [3.63, 3.8) is 0 Å². The van der Waals surface area contributed by atoms with Crippen LogP contribution in [0.2, 0.25) is 0 Å². The van der Waals surface area contributed by atoms with Gasteiger partial charge in [0.2, 0.25) is 0 Å². The van der Waals surface area contributed by atoms with Crippen LogP contribution in [0.5, 0.6) is 0 Å². The van der Waals surface area contributed by atoms with Gasteiger partial charge in [-0.3, -0.25) is 0 Å². The molecule has 1 atom stereocenters. The molecule has 0 fully saturated rings. The maximum atomic E-state index is 11.6. The molecule has 0 amide bonds. The van der Waals surface area contributed by atoms with Crippen molar-refractivity contribution in [2.45, 2.75) is 25.9 Å². The molecule has 0 radical (unpaired) electrons. The van der Waals surface area contributed by atoms with Crippen molar-refractivity contribution >= 4 is 16.7 Å². The molecule has 2 N–H and O–H groups in total. The van der Waals surface area contributed by atoms with Crippen LogP contribution < -0.4 is 10.9 Å². The lowest BCUT2D eigenvalue weighted by Crippen LogP contribution is -2.13. The molecule has 0 bridgehead atoms. The average molecular weight is 245 g/mol. The highest BCUT2D eigenvalue weighted by molar-refractivity contribution is 5.88. The first-order valence-electron chi connectivity index (χ1n) is 6.18. The number of aliphatic hydroxyl groups is 1. The molecule has 1 aromatic carbocycles. The Morgan fingerprint density at radius 3 is 3.06 bits per heavy atom. The zero-order valence-electron chi connectivity index (χ0n) is 10.2. The first-order valence-corrected chi connectivity index (χ1v) is 6.18. The Kier molecular flexibility index (Phi) is 2.59. The minimum atomic E-state index is -0.675. The van der Waals surface area contributed by atoms with Gasteiger partial charge < -0.3 is 14.8 Å². The zero-order chi connectivity index (χ0) is 12.7. The lowest BCUT2D eigenvalue weighted by atomic mass is 9.97. The fourth-order valence-corrected chi connectivity index (χ4v) is 2.55. The Morgan fingerprint density at radius 2 is 2.28 bits per heavy atom. The molecule has 3 rings (SSSR count). The SMILES string of the molecule is CC(O)c1cc(=O)oc2c3c(ccc12)NCCC3. The summed E-state index contributed by atoms with van der Waals surface area (Å²) in [5, 5.41) is 13.9. The van der Waals surface area contributed by atoms with Gasteiger partial charge in [0.05, 0.1) is 6.10 Å². The second kappa shape index (κ2) is 4.14. The highest BCUT2D eigenvalue weighted by atomic mass is 16.4. The van der Waals surface area contributed by atoms with Crippen LogP contribution in [0.25, 0.3) is 11.0 Å². The molecular weight excluding hydrogens is 230 g/mol. The van der Waals surface area contributed by atoms with Crippen LogP contribution in [0.15, 0.2) is 27.4 Å². The highest BCUT2D eigenvalue weighted by Crippen LogP contribution is 2.32. The Balaban J connectivity index is 2.38. The molecule has 4 heteroatoms. The number of nitrogens with one attached hydrogen (secondary N) is 1. The van der Waals surface area contributed by atoms with E-state index in [1.165, 1.54) is 6.07 Å². The highest BCUT2D eigenvalue weighted by Gasteiger charge is 2.17. The third kappa shape index (κ3) is 1.69. The summed E-state index contributed by atoms with van der Waals surface area (Å²) in [6.07, 6.45) is 1.24. The molecule has 94 valence electrons. The van der Waals surface area contributed by atoms with E-state index in [9.17, 15) is 9.90 Å². The van der Waals surface area contributed by atoms with Crippen LogP contribution in [0.3, 0.4) is 0 Å². The average Bonchev–Trinajstić information content (AvgIpc) is 2.37. The number of hydrogen-bond donors (Lipinski definition) is 2. The van der Waals surface area contributed by atoms with E-state index in [0.717, 1.165) is 36.0 Å². The number of anilines is 1. The third-order valence-electron chi connectivity index (χ3n) is 3.42. The molecule has 1 aromatic heterocycles. The topological polar surface area (TPSA) is 62.5 Å². The van der Waals surface area contributed by atoms with Crippen LogP contribution in [0.1, 0.15) is 30.6 Å². The molecule has 0 saturated heterocycles. The van der Waals surface area contributed by atoms with Gasteiger partial charge >= 0.3 is 5.63 Å². The van der Waals surface area contributed by atoms with E-state index in [-0.39, 0.29) is 0 Å². The molecule has 4 nitrogen and oxygen atoms in total. The number of rotatable bonds is 1. The van der Waals surface area contributed by atoms with E-state index in [1.807, 2.05) is 12.1 Å². The van der Waals surface area contributed by atoms with Gasteiger partial charge in [-0.25, -0.2) is 4.79 Å². The van der Waals surface area contributed by atoms with Gasteiger partial charge in [0, 0.05) is 29.2 Å². The maximum Gasteiger partial charge on any atom is 0.336 e. The van der Waals surface area contributed by atoms with E-state index in [4.69, 9.17) is 4.42 Å². The summed E-state index contributed by atoms with van der Waals surface area (Å²) in [5.41, 5.74) is 2.91. The van der Waals surface area contributed by atoms with Gasteiger partial charge in [-0.05, 0) is 37.5 Å². The van der Waals surface area contributed by atoms with Gasteiger partial charge in [0.15, 0.2) is 0 Å². The molecular formula is C14H15NO3. The number of hydrogen-bond acceptors (Lipinski definition) is 4. The van der Waals surface area contributed by atoms with Crippen molar-refractivity contribution in [3.8, 4) is 0 Å². The van der Waals surface area contributed by atoms with E-state index in [2.05, 4.69) is 5.32 Å². The van der Waals surface area contributed by atoms with Crippen LogP contribution >= 0.6 is 0 Å². The summed E-state index contributed by atoms with van der Waals surface area (Å²) >= 11 is 0. The predicted molar refractivity (Wildman–Crippen MR) is 69.9 cm³/mol. The largest absolute Gasteiger partial charge is 0.422 e. The summed E-state index contributed by atoms with van der Waals surface area (Å²) in [7, 11) is 0. The Hall–Kier alpha value is -1.81. The Bertz CT molecular complexity index is 658. The zero-order valence-corrected chi connectivity index (χ0v) is 10.2. The van der Waals surface area contributed by atoms with Crippen molar-refractivity contribution in [1.29, 1.82) is 0 Å². The minimum absolute atomic E-state index is 0.405. The molecule has 1 aliphatic heterocycles. The van der Waals surface area contributed by atoms with Gasteiger partial charge in [-0.15, -0.1) is 0 Å². The van der Waals surface area contributed by atoms with Crippen molar-refractivity contribution in [2.75, 3.05) is 11.9 Å². The van der Waals surface area contributed by atoms with Crippen LogP contribution in [-0.4, -0.2) is 11.7 Å². The van der Waals surface area contributed by atoms with E-state index >= 15 is 0 Å². The second-order valence-electron chi connectivity index (χ2n) is 4.70. The van der Waals surface area contributed by atoms with Crippen molar-refractivity contribution in [1.82, 2.24) is 0 Å². The van der Waals surface area contributed by atoms with E-state index < -0.39 is 11.7 Å².